The summed E-state index contributed by atoms with van der Waals surface area (Å²) in [5, 5.41) is 4.03. The first-order valence-electron chi connectivity index (χ1n) is 6.90. The highest BCUT2D eigenvalue weighted by Crippen LogP contribution is 2.33. The number of ether oxygens (including phenoxy) is 1. The van der Waals surface area contributed by atoms with Crippen LogP contribution in [0.2, 0.25) is 5.02 Å². The number of benzene rings is 1. The van der Waals surface area contributed by atoms with Gasteiger partial charge in [0, 0.05) is 11.4 Å². The molecule has 1 heterocycles. The number of hydrogen-bond donors (Lipinski definition) is 1. The van der Waals surface area contributed by atoms with Crippen molar-refractivity contribution in [3.63, 3.8) is 0 Å². The number of hydrogen-bond acceptors (Lipinski definition) is 2. The van der Waals surface area contributed by atoms with Gasteiger partial charge in [0.05, 0.1) is 6.61 Å². The average Bonchev–Trinajstić information content (AvgIpc) is 2.81. The second-order valence-corrected chi connectivity index (χ2v) is 5.36. The van der Waals surface area contributed by atoms with Crippen LogP contribution in [0.4, 0.5) is 0 Å². The zero-order valence-corrected chi connectivity index (χ0v) is 11.9. The first-order chi connectivity index (χ1) is 8.81. The highest BCUT2D eigenvalue weighted by atomic mass is 35.5. The van der Waals surface area contributed by atoms with E-state index in [4.69, 9.17) is 16.3 Å². The predicted molar refractivity (Wildman–Crippen MR) is 76.7 cm³/mol. The standard InChI is InChI=1S/C15H22ClNO/c1-17-8-5-3-2-4-6-12-10-14(16)11-13-7-9-18-15(12)13/h10-11,17H,2-9H2,1H3. The molecule has 0 unspecified atom stereocenters. The highest BCUT2D eigenvalue weighted by Gasteiger charge is 2.16. The second-order valence-electron chi connectivity index (χ2n) is 4.92. The van der Waals surface area contributed by atoms with Crippen molar-refractivity contribution in [3.05, 3.63) is 28.3 Å². The molecule has 2 rings (SSSR count). The summed E-state index contributed by atoms with van der Waals surface area (Å²) in [6.07, 6.45) is 7.15. The molecule has 0 aromatic heterocycles. The highest BCUT2D eigenvalue weighted by molar-refractivity contribution is 6.30. The third-order valence-electron chi connectivity index (χ3n) is 3.45. The van der Waals surface area contributed by atoms with Crippen LogP contribution >= 0.6 is 11.6 Å². The molecule has 0 fully saturated rings. The van der Waals surface area contributed by atoms with E-state index in [1.54, 1.807) is 0 Å². The number of aryl methyl sites for hydroxylation is 1. The predicted octanol–water partition coefficient (Wildman–Crippen LogP) is 3.60. The maximum absolute atomic E-state index is 6.15. The Hall–Kier alpha value is -0.730. The lowest BCUT2D eigenvalue weighted by molar-refractivity contribution is 0.353. The van der Waals surface area contributed by atoms with Crippen LogP contribution in [0.15, 0.2) is 12.1 Å². The van der Waals surface area contributed by atoms with E-state index >= 15 is 0 Å². The Morgan fingerprint density at radius 2 is 2.06 bits per heavy atom. The van der Waals surface area contributed by atoms with Gasteiger partial charge in [0.2, 0.25) is 0 Å². The van der Waals surface area contributed by atoms with Crippen LogP contribution in [0.5, 0.6) is 5.75 Å². The van der Waals surface area contributed by atoms with Crippen molar-refractivity contribution < 1.29 is 4.74 Å². The lowest BCUT2D eigenvalue weighted by Crippen LogP contribution is -2.06. The molecule has 0 amide bonds. The van der Waals surface area contributed by atoms with Crippen LogP contribution < -0.4 is 10.1 Å². The van der Waals surface area contributed by atoms with Gasteiger partial charge in [-0.15, -0.1) is 0 Å². The Labute approximate surface area is 115 Å². The average molecular weight is 268 g/mol. The fourth-order valence-electron chi connectivity index (χ4n) is 2.50. The molecule has 100 valence electrons. The van der Waals surface area contributed by atoms with Crippen LogP contribution in [0.1, 0.15) is 36.8 Å². The van der Waals surface area contributed by atoms with Crippen molar-refractivity contribution in [3.8, 4) is 5.75 Å². The van der Waals surface area contributed by atoms with Crippen LogP contribution in [-0.2, 0) is 12.8 Å². The van der Waals surface area contributed by atoms with Gasteiger partial charge in [-0.2, -0.15) is 0 Å². The summed E-state index contributed by atoms with van der Waals surface area (Å²) >= 11 is 6.15. The van der Waals surface area contributed by atoms with Gasteiger partial charge < -0.3 is 10.1 Å². The number of rotatable bonds is 7. The summed E-state index contributed by atoms with van der Waals surface area (Å²) in [5.74, 6) is 1.11. The van der Waals surface area contributed by atoms with Gasteiger partial charge in [-0.25, -0.2) is 0 Å². The van der Waals surface area contributed by atoms with Crippen LogP contribution in [0.3, 0.4) is 0 Å². The van der Waals surface area contributed by atoms with E-state index in [0.29, 0.717) is 0 Å². The zero-order valence-electron chi connectivity index (χ0n) is 11.1. The van der Waals surface area contributed by atoms with Crippen LogP contribution in [-0.4, -0.2) is 20.2 Å². The van der Waals surface area contributed by atoms with E-state index in [2.05, 4.69) is 11.4 Å². The van der Waals surface area contributed by atoms with E-state index < -0.39 is 0 Å². The van der Waals surface area contributed by atoms with Gasteiger partial charge >= 0.3 is 0 Å². The number of nitrogens with one attached hydrogen (secondary N) is 1. The topological polar surface area (TPSA) is 21.3 Å². The van der Waals surface area contributed by atoms with Crippen molar-refractivity contribution in [2.24, 2.45) is 0 Å². The Bertz CT molecular complexity index is 392. The molecule has 1 N–H and O–H groups in total. The molecule has 1 aliphatic heterocycles. The maximum Gasteiger partial charge on any atom is 0.125 e. The summed E-state index contributed by atoms with van der Waals surface area (Å²) in [6.45, 7) is 1.93. The van der Waals surface area contributed by atoms with Crippen molar-refractivity contribution in [1.29, 1.82) is 0 Å². The Morgan fingerprint density at radius 1 is 1.22 bits per heavy atom. The second kappa shape index (κ2) is 7.01. The first-order valence-corrected chi connectivity index (χ1v) is 7.28. The van der Waals surface area contributed by atoms with Crippen molar-refractivity contribution in [2.45, 2.75) is 38.5 Å². The normalized spacial score (nSPS) is 13.4. The van der Waals surface area contributed by atoms with Gasteiger partial charge in [0.25, 0.3) is 0 Å². The van der Waals surface area contributed by atoms with E-state index in [1.807, 2.05) is 13.1 Å². The molecule has 0 spiro atoms. The quantitative estimate of drug-likeness (QED) is 0.763. The van der Waals surface area contributed by atoms with Gasteiger partial charge in [-0.05, 0) is 56.1 Å². The third kappa shape index (κ3) is 3.63. The lowest BCUT2D eigenvalue weighted by Gasteiger charge is -2.09. The van der Waals surface area contributed by atoms with Crippen molar-refractivity contribution in [1.82, 2.24) is 5.32 Å². The molecule has 1 aromatic carbocycles. The Kier molecular flexibility index (Phi) is 5.33. The molecule has 0 saturated heterocycles. The molecule has 0 atom stereocenters. The van der Waals surface area contributed by atoms with E-state index in [1.165, 1.54) is 36.8 Å². The fraction of sp³-hybridized carbons (Fsp3) is 0.600. The van der Waals surface area contributed by atoms with E-state index in [-0.39, 0.29) is 0 Å². The lowest BCUT2D eigenvalue weighted by atomic mass is 10.0. The van der Waals surface area contributed by atoms with Crippen LogP contribution in [0, 0.1) is 0 Å². The SMILES string of the molecule is CNCCCCCCc1cc(Cl)cc2c1OCC2. The van der Waals surface area contributed by atoms with Gasteiger partial charge in [0.1, 0.15) is 5.75 Å². The molecule has 0 aliphatic carbocycles. The zero-order chi connectivity index (χ0) is 12.8. The Morgan fingerprint density at radius 3 is 2.89 bits per heavy atom. The molecule has 2 nitrogen and oxygen atoms in total. The molecule has 0 saturated carbocycles. The van der Waals surface area contributed by atoms with E-state index in [0.717, 1.165) is 36.8 Å². The number of unbranched alkanes of at least 4 members (excludes halogenated alkanes) is 3. The minimum Gasteiger partial charge on any atom is -0.493 e. The third-order valence-corrected chi connectivity index (χ3v) is 3.67. The van der Waals surface area contributed by atoms with Gasteiger partial charge in [-0.3, -0.25) is 0 Å². The summed E-state index contributed by atoms with van der Waals surface area (Å²) < 4.78 is 5.71. The number of fused-ring (bicyclic) bond motifs is 1. The summed E-state index contributed by atoms with van der Waals surface area (Å²) in [5.41, 5.74) is 2.58. The molecule has 3 heteroatoms. The number of halogens is 1. The molecular weight excluding hydrogens is 246 g/mol. The first kappa shape index (κ1) is 13.7. The fourth-order valence-corrected chi connectivity index (χ4v) is 2.77. The Balaban J connectivity index is 1.82. The minimum atomic E-state index is 0.810. The summed E-state index contributed by atoms with van der Waals surface area (Å²) in [6, 6.07) is 4.11. The van der Waals surface area contributed by atoms with Crippen LogP contribution in [0.25, 0.3) is 0 Å². The molecule has 1 aliphatic rings. The molecule has 0 bridgehead atoms. The monoisotopic (exact) mass is 267 g/mol. The smallest absolute Gasteiger partial charge is 0.125 e. The van der Waals surface area contributed by atoms with Crippen molar-refractivity contribution >= 4 is 11.6 Å². The maximum atomic E-state index is 6.15. The van der Waals surface area contributed by atoms with E-state index in [9.17, 15) is 0 Å². The summed E-state index contributed by atoms with van der Waals surface area (Å²) in [4.78, 5) is 0. The minimum absolute atomic E-state index is 0.810. The largest absolute Gasteiger partial charge is 0.493 e. The molecular formula is C15H22ClNO. The van der Waals surface area contributed by atoms with Gasteiger partial charge in [0.15, 0.2) is 0 Å². The summed E-state index contributed by atoms with van der Waals surface area (Å²) in [7, 11) is 2.01. The van der Waals surface area contributed by atoms with Crippen molar-refractivity contribution in [2.75, 3.05) is 20.2 Å². The molecule has 1 aromatic rings. The van der Waals surface area contributed by atoms with Gasteiger partial charge in [-0.1, -0.05) is 24.4 Å². The molecule has 18 heavy (non-hydrogen) atoms. The molecule has 0 radical (unpaired) electrons.